The number of halogens is 1. The van der Waals surface area contributed by atoms with Gasteiger partial charge in [-0.2, -0.15) is 10.2 Å². The molecule has 13 nitrogen and oxygen atoms in total. The summed E-state index contributed by atoms with van der Waals surface area (Å²) in [5, 5.41) is 28.3. The van der Waals surface area contributed by atoms with Gasteiger partial charge in [0.1, 0.15) is 54.2 Å². The molecule has 1 fully saturated rings. The molecule has 0 spiro atoms. The first-order valence-electron chi connectivity index (χ1n) is 12.7. The Morgan fingerprint density at radius 3 is 2.75 bits per heavy atom. The Labute approximate surface area is 230 Å². The second-order valence-electron chi connectivity index (χ2n) is 9.42. The van der Waals surface area contributed by atoms with Gasteiger partial charge in [0.25, 0.3) is 0 Å². The smallest absolute Gasteiger partial charge is 0.459 e. The second kappa shape index (κ2) is 12.6. The van der Waals surface area contributed by atoms with E-state index in [0.29, 0.717) is 11.9 Å². The highest BCUT2D eigenvalue weighted by Gasteiger charge is 2.57. The minimum absolute atomic E-state index is 0.141. The van der Waals surface area contributed by atoms with E-state index < -0.39 is 57.0 Å². The maximum absolute atomic E-state index is 14.6. The Balaban J connectivity index is 1.56. The van der Waals surface area contributed by atoms with Crippen LogP contribution >= 0.6 is 7.75 Å². The van der Waals surface area contributed by atoms with Crippen molar-refractivity contribution in [3.8, 4) is 5.75 Å². The van der Waals surface area contributed by atoms with Gasteiger partial charge >= 0.3 is 13.7 Å². The minimum atomic E-state index is -4.40. The third kappa shape index (κ3) is 6.27. The number of anilines is 1. The summed E-state index contributed by atoms with van der Waals surface area (Å²) in [5.74, 6) is -0.383. The predicted molar refractivity (Wildman–Crippen MR) is 141 cm³/mol. The monoisotopic (exact) mass is 581 g/mol. The molecule has 0 bridgehead atoms. The number of fused-ring (bicyclic) bond motifs is 1. The molecule has 0 unspecified atom stereocenters. The zero-order valence-corrected chi connectivity index (χ0v) is 22.9. The zero-order valence-electron chi connectivity index (χ0n) is 22.1. The Kier molecular flexibility index (Phi) is 9.39. The van der Waals surface area contributed by atoms with Gasteiger partial charge in [-0.3, -0.25) is 9.32 Å². The molecule has 0 radical (unpaired) electrons. The van der Waals surface area contributed by atoms with E-state index in [-0.39, 0.29) is 23.9 Å². The summed E-state index contributed by atoms with van der Waals surface area (Å²) in [6, 6.07) is 10.0. The lowest BCUT2D eigenvalue weighted by atomic mass is 9.96. The third-order valence-electron chi connectivity index (χ3n) is 6.46. The van der Waals surface area contributed by atoms with E-state index in [1.807, 2.05) is 6.92 Å². The number of benzene rings is 1. The summed E-state index contributed by atoms with van der Waals surface area (Å²) in [4.78, 5) is 16.3. The molecule has 0 saturated carbocycles. The number of nitrogens with two attached hydrogens (primary N) is 1. The number of aromatic nitrogens is 3. The van der Waals surface area contributed by atoms with Crippen LogP contribution in [0.1, 0.15) is 38.5 Å². The average Bonchev–Trinajstić information content (AvgIpc) is 3.48. The minimum Gasteiger partial charge on any atom is -0.465 e. The largest absolute Gasteiger partial charge is 0.465 e. The Morgan fingerprint density at radius 2 is 2.05 bits per heavy atom. The van der Waals surface area contributed by atoms with Gasteiger partial charge in [-0.1, -0.05) is 31.5 Å². The number of carbonyl (C=O) groups excluding carboxylic acids is 1. The van der Waals surface area contributed by atoms with Crippen LogP contribution in [0.3, 0.4) is 0 Å². The van der Waals surface area contributed by atoms with E-state index in [4.69, 9.17) is 24.3 Å². The van der Waals surface area contributed by atoms with Crippen LogP contribution in [0.25, 0.3) is 5.52 Å². The van der Waals surface area contributed by atoms with Crippen LogP contribution in [0, 0.1) is 0 Å². The van der Waals surface area contributed by atoms with Crippen LogP contribution in [-0.2, 0) is 23.4 Å². The normalized spacial score (nSPS) is 25.0. The van der Waals surface area contributed by atoms with Gasteiger partial charge in [0.2, 0.25) is 0 Å². The molecule has 3 aromatic rings. The number of para-hydroxylation sites is 1. The molecule has 1 aliphatic heterocycles. The van der Waals surface area contributed by atoms with Gasteiger partial charge in [-0.15, -0.1) is 0 Å². The van der Waals surface area contributed by atoms with Crippen molar-refractivity contribution in [3.63, 3.8) is 0 Å². The summed E-state index contributed by atoms with van der Waals surface area (Å²) < 4.78 is 52.0. The van der Waals surface area contributed by atoms with Gasteiger partial charge in [0.05, 0.1) is 18.9 Å². The molecule has 0 amide bonds. The first kappa shape index (κ1) is 29.8. The lowest BCUT2D eigenvalue weighted by molar-refractivity contribution is -0.145. The first-order chi connectivity index (χ1) is 19.1. The van der Waals surface area contributed by atoms with Crippen LogP contribution in [0.5, 0.6) is 5.75 Å². The second-order valence-corrected chi connectivity index (χ2v) is 11.1. The predicted octanol–water partition coefficient (Wildman–Crippen LogP) is 2.34. The number of nitrogen functional groups attached to an aromatic ring is 1. The molecule has 0 aliphatic carbocycles. The summed E-state index contributed by atoms with van der Waals surface area (Å²) >= 11 is 0. The number of ether oxygens (including phenoxy) is 2. The van der Waals surface area contributed by atoms with E-state index in [0.717, 1.165) is 6.42 Å². The molecule has 218 valence electrons. The highest BCUT2D eigenvalue weighted by atomic mass is 31.2. The Morgan fingerprint density at radius 1 is 1.30 bits per heavy atom. The number of hydrogen-bond donors (Lipinski definition) is 4. The van der Waals surface area contributed by atoms with Crippen LogP contribution in [0.4, 0.5) is 10.2 Å². The maximum atomic E-state index is 14.6. The summed E-state index contributed by atoms with van der Waals surface area (Å²) in [6.07, 6.45) is -1.99. The Hall–Kier alpha value is -3.13. The van der Waals surface area contributed by atoms with Gasteiger partial charge in [-0.25, -0.2) is 18.5 Å². The molecule has 2 aromatic heterocycles. The van der Waals surface area contributed by atoms with Gasteiger partial charge < -0.3 is 29.9 Å². The average molecular weight is 582 g/mol. The van der Waals surface area contributed by atoms with Crippen LogP contribution < -0.4 is 15.3 Å². The molecule has 6 atom stereocenters. The summed E-state index contributed by atoms with van der Waals surface area (Å²) in [5.41, 5.74) is 4.42. The van der Waals surface area contributed by atoms with E-state index in [1.54, 1.807) is 30.3 Å². The summed E-state index contributed by atoms with van der Waals surface area (Å²) in [6.45, 7) is 1.40. The topological polar surface area (TPSA) is 180 Å². The SMILES string of the molecule is CCCCOC(=O)[C@H](C)N[P@](=O)(OC[C@@]1(CF)O[C@@H](c2ccc3c(N)ncnn23)[C@H](O)[C@@H]1O)Oc1ccccc1. The molecule has 40 heavy (non-hydrogen) atoms. The zero-order chi connectivity index (χ0) is 28.9. The van der Waals surface area contributed by atoms with Gasteiger partial charge in [0.15, 0.2) is 5.82 Å². The van der Waals surface area contributed by atoms with Crippen molar-refractivity contribution in [1.29, 1.82) is 0 Å². The fourth-order valence-electron chi connectivity index (χ4n) is 4.20. The standard InChI is InChI=1S/C25H33FN5O8P/c1-3-4-12-36-24(34)16(2)30-40(35,39-17-8-6-5-7-9-17)37-14-25(13-26)22(33)20(32)21(38-25)18-10-11-19-23(27)28-15-29-31(18)19/h5-11,15-16,20-22,32-33H,3-4,12-14H2,1-2H3,(H,30,35)(H2,27,28,29)/t16-,20-,21-,22-,25+,40-/m0/s1. The van der Waals surface area contributed by atoms with Crippen molar-refractivity contribution >= 4 is 25.1 Å². The number of alkyl halides is 1. The molecule has 3 heterocycles. The third-order valence-corrected chi connectivity index (χ3v) is 8.08. The number of nitrogens with zero attached hydrogens (tertiary/aromatic N) is 3. The molecular weight excluding hydrogens is 548 g/mol. The fraction of sp³-hybridized carbons (Fsp3) is 0.480. The van der Waals surface area contributed by atoms with E-state index in [1.165, 1.54) is 29.9 Å². The molecule has 1 saturated heterocycles. The number of hydrogen-bond acceptors (Lipinski definition) is 11. The van der Waals surface area contributed by atoms with E-state index in [2.05, 4.69) is 15.2 Å². The first-order valence-corrected chi connectivity index (χ1v) is 14.3. The number of unbranched alkanes of at least 4 members (excludes halogenated alkanes) is 1. The van der Waals surface area contributed by atoms with Crippen LogP contribution in [-0.4, -0.2) is 74.5 Å². The molecule has 5 N–H and O–H groups in total. The van der Waals surface area contributed by atoms with Crippen molar-refractivity contribution in [2.75, 3.05) is 25.6 Å². The molecule has 1 aliphatic rings. The van der Waals surface area contributed by atoms with Crippen molar-refractivity contribution in [2.45, 2.75) is 56.6 Å². The maximum Gasteiger partial charge on any atom is 0.459 e. The lowest BCUT2D eigenvalue weighted by Crippen LogP contribution is -2.49. The van der Waals surface area contributed by atoms with E-state index in [9.17, 15) is 24.0 Å². The number of nitrogens with one attached hydrogen (secondary N) is 1. The highest BCUT2D eigenvalue weighted by Crippen LogP contribution is 2.48. The van der Waals surface area contributed by atoms with Gasteiger partial charge in [-0.05, 0) is 37.6 Å². The highest BCUT2D eigenvalue weighted by molar-refractivity contribution is 7.52. The molecule has 1 aromatic carbocycles. The fourth-order valence-corrected chi connectivity index (χ4v) is 5.75. The number of rotatable bonds is 13. The van der Waals surface area contributed by atoms with Crippen LogP contribution in [0.2, 0.25) is 0 Å². The Bertz CT molecular complexity index is 1350. The van der Waals surface area contributed by atoms with Crippen molar-refractivity contribution in [3.05, 3.63) is 54.5 Å². The van der Waals surface area contributed by atoms with Crippen molar-refractivity contribution in [2.24, 2.45) is 0 Å². The summed E-state index contributed by atoms with van der Waals surface area (Å²) in [7, 11) is -4.40. The number of esters is 1. The molecule has 4 rings (SSSR count). The van der Waals surface area contributed by atoms with Crippen molar-refractivity contribution in [1.82, 2.24) is 19.7 Å². The number of aliphatic hydroxyl groups excluding tert-OH is 2. The quantitative estimate of drug-likeness (QED) is 0.132. The number of aliphatic hydroxyl groups is 2. The van der Waals surface area contributed by atoms with E-state index >= 15 is 0 Å². The number of carbonyl (C=O) groups is 1. The molecule has 15 heteroatoms. The molecular formula is C25H33FN5O8P. The lowest BCUT2D eigenvalue weighted by Gasteiger charge is -2.31. The van der Waals surface area contributed by atoms with Crippen molar-refractivity contribution < 1.29 is 42.5 Å². The van der Waals surface area contributed by atoms with Gasteiger partial charge in [0, 0.05) is 0 Å². The van der Waals surface area contributed by atoms with Crippen LogP contribution in [0.15, 0.2) is 48.8 Å².